The van der Waals surface area contributed by atoms with Gasteiger partial charge in [0.05, 0.1) is 41.1 Å². The van der Waals surface area contributed by atoms with Gasteiger partial charge in [-0.25, -0.2) is 14.2 Å². The molecule has 7 rings (SSSR count). The molecule has 40 heavy (non-hydrogen) atoms. The minimum Gasteiger partial charge on any atom is -0.458 e. The number of carbonyl (C=O) groups is 2. The van der Waals surface area contributed by atoms with Gasteiger partial charge in [-0.3, -0.25) is 9.59 Å². The molecule has 0 spiro atoms. The zero-order valence-corrected chi connectivity index (χ0v) is 22.5. The normalized spacial score (nSPS) is 24.8. The lowest BCUT2D eigenvalue weighted by molar-refractivity contribution is -0.172. The van der Waals surface area contributed by atoms with Gasteiger partial charge in [-0.15, -0.1) is 0 Å². The summed E-state index contributed by atoms with van der Waals surface area (Å²) in [6, 6.07) is 2.49. The Balaban J connectivity index is 1.44. The Hall–Kier alpha value is -3.63. The third-order valence-electron chi connectivity index (χ3n) is 9.32. The predicted octanol–water partition coefficient (Wildman–Crippen LogP) is 2.77. The molecule has 4 aliphatic rings. The number of hydrogen-bond acceptors (Lipinski definition) is 7. The van der Waals surface area contributed by atoms with Crippen LogP contribution in [0.25, 0.3) is 22.3 Å². The number of cyclic esters (lactones) is 1. The highest BCUT2D eigenvalue weighted by atomic mass is 19.1. The van der Waals surface area contributed by atoms with Gasteiger partial charge >= 0.3 is 5.97 Å². The fourth-order valence-corrected chi connectivity index (χ4v) is 7.05. The highest BCUT2D eigenvalue weighted by Crippen LogP contribution is 2.46. The fraction of sp³-hybridized carbons (Fsp3) is 0.467. The van der Waals surface area contributed by atoms with Crippen LogP contribution in [0.2, 0.25) is 0 Å². The van der Waals surface area contributed by atoms with Crippen LogP contribution < -0.4 is 16.2 Å². The molecule has 5 heterocycles. The number of hydrogen-bond donors (Lipinski definition) is 3. The van der Waals surface area contributed by atoms with E-state index in [1.165, 1.54) is 6.07 Å². The number of nitrogens with one attached hydrogen (secondary N) is 2. The molecule has 208 valence electrons. The molecule has 0 unspecified atom stereocenters. The van der Waals surface area contributed by atoms with E-state index in [1.54, 1.807) is 24.5 Å². The minimum absolute atomic E-state index is 0.0438. The van der Waals surface area contributed by atoms with Gasteiger partial charge in [0.25, 0.3) is 5.56 Å². The second-order valence-electron chi connectivity index (χ2n) is 11.4. The zero-order chi connectivity index (χ0) is 27.9. The Bertz CT molecular complexity index is 1690. The van der Waals surface area contributed by atoms with E-state index < -0.39 is 11.6 Å². The third-order valence-corrected chi connectivity index (χ3v) is 9.32. The number of amides is 1. The maximum absolute atomic E-state index is 15.1. The molecule has 1 aliphatic carbocycles. The number of nitrogens with zero attached hydrogens (tertiary/aromatic N) is 2. The van der Waals surface area contributed by atoms with Crippen LogP contribution >= 0.6 is 0 Å². The van der Waals surface area contributed by atoms with E-state index in [4.69, 9.17) is 9.72 Å². The Morgan fingerprint density at radius 2 is 2.08 bits per heavy atom. The number of pyridine rings is 2. The number of carbonyl (C=O) groups excluding carboxylic acids is 2. The van der Waals surface area contributed by atoms with E-state index >= 15 is 4.39 Å². The summed E-state index contributed by atoms with van der Waals surface area (Å²) in [5, 5.41) is 18.6. The number of benzene rings is 1. The number of halogens is 1. The lowest BCUT2D eigenvalue weighted by Gasteiger charge is -2.32. The number of aryl methyl sites for hydroxylation is 1. The van der Waals surface area contributed by atoms with E-state index in [-0.39, 0.29) is 60.1 Å². The van der Waals surface area contributed by atoms with Crippen molar-refractivity contribution in [1.29, 1.82) is 0 Å². The van der Waals surface area contributed by atoms with Crippen molar-refractivity contribution in [2.75, 3.05) is 6.54 Å². The monoisotopic (exact) mass is 546 g/mol. The van der Waals surface area contributed by atoms with Crippen molar-refractivity contribution in [3.05, 3.63) is 61.7 Å². The molecule has 1 fully saturated rings. The van der Waals surface area contributed by atoms with Crippen molar-refractivity contribution in [1.82, 2.24) is 20.2 Å². The minimum atomic E-state index is -1.93. The largest absolute Gasteiger partial charge is 0.458 e. The third kappa shape index (κ3) is 3.45. The second-order valence-corrected chi connectivity index (χ2v) is 11.4. The average molecular weight is 547 g/mol. The molecule has 9 nitrogen and oxygen atoms in total. The number of aliphatic hydroxyl groups is 1. The summed E-state index contributed by atoms with van der Waals surface area (Å²) in [6.07, 6.45) is 4.05. The number of rotatable bonds is 3. The van der Waals surface area contributed by atoms with Gasteiger partial charge in [0.15, 0.2) is 5.60 Å². The Morgan fingerprint density at radius 1 is 1.25 bits per heavy atom. The van der Waals surface area contributed by atoms with Crippen molar-refractivity contribution in [2.24, 2.45) is 0 Å². The average Bonchev–Trinajstić information content (AvgIpc) is 3.33. The number of piperidine rings is 1. The molecule has 0 radical (unpaired) electrons. The van der Waals surface area contributed by atoms with E-state index in [9.17, 15) is 19.5 Å². The summed E-state index contributed by atoms with van der Waals surface area (Å²) < 4.78 is 21.8. The molecule has 1 aromatic carbocycles. The SMILES string of the molecule is CC[C@@]1(O)C(=O)OCc2c1cc1n(c2=O)Cc2c-1nc1cc(F)c(C)c3c1c2[C@@H](NC(=O)[C@@H]1CCCCN1)CC3. The zero-order valence-electron chi connectivity index (χ0n) is 22.5. The lowest BCUT2D eigenvalue weighted by atomic mass is 9.81. The predicted molar refractivity (Wildman–Crippen MR) is 144 cm³/mol. The van der Waals surface area contributed by atoms with Crippen LogP contribution in [0.4, 0.5) is 4.39 Å². The van der Waals surface area contributed by atoms with Gasteiger partial charge in [-0.1, -0.05) is 13.3 Å². The number of ether oxygens (including phenoxy) is 1. The van der Waals surface area contributed by atoms with E-state index in [0.29, 0.717) is 35.3 Å². The van der Waals surface area contributed by atoms with Crippen LogP contribution in [0.5, 0.6) is 0 Å². The Kier molecular flexibility index (Phi) is 5.66. The van der Waals surface area contributed by atoms with Crippen molar-refractivity contribution >= 4 is 22.8 Å². The van der Waals surface area contributed by atoms with Gasteiger partial charge in [0, 0.05) is 22.6 Å². The van der Waals surface area contributed by atoms with Crippen molar-refractivity contribution in [2.45, 2.75) is 83.2 Å². The quantitative estimate of drug-likeness (QED) is 0.338. The van der Waals surface area contributed by atoms with Crippen molar-refractivity contribution < 1.29 is 23.8 Å². The van der Waals surface area contributed by atoms with E-state index in [1.807, 2.05) is 0 Å². The Labute approximate surface area is 229 Å². The van der Waals surface area contributed by atoms with Gasteiger partial charge in [0.1, 0.15) is 12.4 Å². The van der Waals surface area contributed by atoms with Gasteiger partial charge < -0.3 is 25.0 Å². The molecule has 3 N–H and O–H groups in total. The van der Waals surface area contributed by atoms with Crippen LogP contribution in [0.15, 0.2) is 16.9 Å². The molecule has 1 amide bonds. The molecule has 3 atom stereocenters. The smallest absolute Gasteiger partial charge is 0.343 e. The molecule has 2 aromatic heterocycles. The number of aromatic nitrogens is 2. The summed E-state index contributed by atoms with van der Waals surface area (Å²) in [4.78, 5) is 44.5. The molecule has 10 heteroatoms. The van der Waals surface area contributed by atoms with Crippen LogP contribution in [0, 0.1) is 12.7 Å². The first kappa shape index (κ1) is 25.3. The standard InChI is InChI=1S/C30H31FN4O5/c1-3-30(39)18-10-23-26-16(12-35(23)28(37)17(18)13-40-29(30)38)25-20(34-27(36)21-6-4-5-9-32-21)8-7-15-14(2)19(31)11-22(33-26)24(15)25/h10-11,20-21,32,39H,3-9,12-13H2,1-2H3,(H,34,36)/t20-,21-,30-/m0/s1. The van der Waals surface area contributed by atoms with Crippen LogP contribution in [0.3, 0.4) is 0 Å². The summed E-state index contributed by atoms with van der Waals surface area (Å²) in [7, 11) is 0. The molecule has 0 saturated carbocycles. The highest BCUT2D eigenvalue weighted by Gasteiger charge is 2.46. The number of esters is 1. The fourth-order valence-electron chi connectivity index (χ4n) is 7.05. The van der Waals surface area contributed by atoms with Crippen LogP contribution in [-0.4, -0.2) is 39.1 Å². The maximum atomic E-state index is 15.1. The summed E-state index contributed by atoms with van der Waals surface area (Å²) in [5.74, 6) is -1.19. The summed E-state index contributed by atoms with van der Waals surface area (Å²) in [6.45, 7) is 4.24. The molecular weight excluding hydrogens is 515 g/mol. The van der Waals surface area contributed by atoms with Crippen molar-refractivity contribution in [3.8, 4) is 11.4 Å². The maximum Gasteiger partial charge on any atom is 0.343 e. The van der Waals surface area contributed by atoms with Crippen LogP contribution in [0.1, 0.15) is 78.5 Å². The topological polar surface area (TPSA) is 123 Å². The van der Waals surface area contributed by atoms with Crippen molar-refractivity contribution in [3.63, 3.8) is 0 Å². The Morgan fingerprint density at radius 3 is 2.83 bits per heavy atom. The second kappa shape index (κ2) is 8.94. The highest BCUT2D eigenvalue weighted by molar-refractivity contribution is 5.94. The van der Waals surface area contributed by atoms with E-state index in [2.05, 4.69) is 10.6 Å². The van der Waals surface area contributed by atoms with Crippen LogP contribution in [-0.2, 0) is 39.5 Å². The lowest BCUT2D eigenvalue weighted by Crippen LogP contribution is -2.48. The molecule has 1 saturated heterocycles. The van der Waals surface area contributed by atoms with Gasteiger partial charge in [-0.05, 0) is 68.3 Å². The summed E-state index contributed by atoms with van der Waals surface area (Å²) in [5.41, 5.74) is 2.74. The number of fused-ring (bicyclic) bond motifs is 5. The van der Waals surface area contributed by atoms with Gasteiger partial charge in [-0.2, -0.15) is 0 Å². The first-order valence-electron chi connectivity index (χ1n) is 14.1. The molecule has 3 aliphatic heterocycles. The molecular formula is C30H31FN4O5. The molecule has 3 aromatic rings. The van der Waals surface area contributed by atoms with E-state index in [0.717, 1.165) is 47.9 Å². The van der Waals surface area contributed by atoms with Gasteiger partial charge in [0.2, 0.25) is 5.91 Å². The summed E-state index contributed by atoms with van der Waals surface area (Å²) >= 11 is 0. The first-order valence-corrected chi connectivity index (χ1v) is 14.1. The first-order chi connectivity index (χ1) is 19.2. The molecule has 0 bridgehead atoms.